The van der Waals surface area contributed by atoms with Gasteiger partial charge in [-0.3, -0.25) is 0 Å². The summed E-state index contributed by atoms with van der Waals surface area (Å²) >= 11 is 0. The van der Waals surface area contributed by atoms with Gasteiger partial charge in [0.1, 0.15) is 5.82 Å². The lowest BCUT2D eigenvalue weighted by Crippen LogP contribution is -2.00. The summed E-state index contributed by atoms with van der Waals surface area (Å²) in [7, 11) is -3.21. The molecular weight excluding hydrogens is 311 g/mol. The quantitative estimate of drug-likeness (QED) is 0.753. The van der Waals surface area contributed by atoms with E-state index in [0.29, 0.717) is 4.90 Å². The van der Waals surface area contributed by atoms with Gasteiger partial charge >= 0.3 is 0 Å². The van der Waals surface area contributed by atoms with Crippen LogP contribution in [0, 0.1) is 11.7 Å². The maximum absolute atomic E-state index is 13.5. The number of rotatable bonds is 4. The molecule has 0 fully saturated rings. The van der Waals surface area contributed by atoms with E-state index in [4.69, 9.17) is 0 Å². The molecule has 0 bridgehead atoms. The highest BCUT2D eigenvalue weighted by Gasteiger charge is 2.14. The Hall–Kier alpha value is -1.94. The zero-order valence-corrected chi connectivity index (χ0v) is 14.6. The SMILES string of the molecule is CC(=C(c1ccc(S(C)(=O)=O)cc1)C(C)C)c1cccc(F)c1. The number of hydrogen-bond acceptors (Lipinski definition) is 2. The Morgan fingerprint density at radius 3 is 2.09 bits per heavy atom. The molecule has 0 N–H and O–H groups in total. The molecule has 122 valence electrons. The largest absolute Gasteiger partial charge is 0.224 e. The average Bonchev–Trinajstić information content (AvgIpc) is 2.46. The molecule has 0 unspecified atom stereocenters. The lowest BCUT2D eigenvalue weighted by atomic mass is 9.88. The molecule has 0 heterocycles. The van der Waals surface area contributed by atoms with Gasteiger partial charge in [0.05, 0.1) is 4.90 Å². The van der Waals surface area contributed by atoms with Gasteiger partial charge in [0.25, 0.3) is 0 Å². The van der Waals surface area contributed by atoms with E-state index in [0.717, 1.165) is 22.3 Å². The maximum Gasteiger partial charge on any atom is 0.175 e. The van der Waals surface area contributed by atoms with Gasteiger partial charge in [-0.1, -0.05) is 38.1 Å². The topological polar surface area (TPSA) is 34.1 Å². The van der Waals surface area contributed by atoms with Crippen molar-refractivity contribution in [3.63, 3.8) is 0 Å². The second-order valence-corrected chi connectivity index (χ2v) is 8.02. The third-order valence-corrected chi connectivity index (χ3v) is 4.96. The molecule has 0 aliphatic heterocycles. The molecule has 0 aliphatic rings. The van der Waals surface area contributed by atoms with Gasteiger partial charge in [0.2, 0.25) is 0 Å². The molecule has 2 aromatic carbocycles. The van der Waals surface area contributed by atoms with Crippen LogP contribution < -0.4 is 0 Å². The summed E-state index contributed by atoms with van der Waals surface area (Å²) in [6.07, 6.45) is 1.19. The van der Waals surface area contributed by atoms with Crippen LogP contribution in [-0.2, 0) is 9.84 Å². The van der Waals surface area contributed by atoms with E-state index in [2.05, 4.69) is 13.8 Å². The third-order valence-electron chi connectivity index (χ3n) is 3.83. The van der Waals surface area contributed by atoms with Crippen molar-refractivity contribution in [3.8, 4) is 0 Å². The number of sulfone groups is 1. The Morgan fingerprint density at radius 2 is 1.61 bits per heavy atom. The van der Waals surface area contributed by atoms with E-state index in [1.807, 2.05) is 25.1 Å². The van der Waals surface area contributed by atoms with E-state index >= 15 is 0 Å². The predicted molar refractivity (Wildman–Crippen MR) is 93.3 cm³/mol. The smallest absolute Gasteiger partial charge is 0.175 e. The molecule has 2 nitrogen and oxygen atoms in total. The lowest BCUT2D eigenvalue weighted by Gasteiger charge is -2.17. The van der Waals surface area contributed by atoms with E-state index < -0.39 is 9.84 Å². The third kappa shape index (κ3) is 4.08. The highest BCUT2D eigenvalue weighted by Crippen LogP contribution is 2.32. The molecule has 0 saturated carbocycles. The number of hydrogen-bond donors (Lipinski definition) is 0. The standard InChI is InChI=1S/C19H21FO2S/c1-13(2)19(14(3)16-6-5-7-17(20)12-16)15-8-10-18(11-9-15)23(4,21)22/h5-13H,1-4H3. The zero-order valence-electron chi connectivity index (χ0n) is 13.8. The van der Waals surface area contributed by atoms with Crippen LogP contribution in [0.15, 0.2) is 53.4 Å². The maximum atomic E-state index is 13.5. The van der Waals surface area contributed by atoms with Crippen molar-refractivity contribution in [2.24, 2.45) is 5.92 Å². The summed E-state index contributed by atoms with van der Waals surface area (Å²) in [5.74, 6) is -0.0419. The minimum Gasteiger partial charge on any atom is -0.224 e. The number of benzene rings is 2. The van der Waals surface area contributed by atoms with Crippen LogP contribution in [0.4, 0.5) is 4.39 Å². The zero-order chi connectivity index (χ0) is 17.2. The van der Waals surface area contributed by atoms with Gasteiger partial charge in [-0.05, 0) is 59.4 Å². The minimum atomic E-state index is -3.21. The van der Waals surface area contributed by atoms with Gasteiger partial charge < -0.3 is 0 Å². The van der Waals surface area contributed by atoms with E-state index in [-0.39, 0.29) is 11.7 Å². The summed E-state index contributed by atoms with van der Waals surface area (Å²) in [6, 6.07) is 13.4. The summed E-state index contributed by atoms with van der Waals surface area (Å²) < 4.78 is 36.7. The predicted octanol–water partition coefficient (Wildman–Crippen LogP) is 4.82. The van der Waals surface area contributed by atoms with Crippen LogP contribution in [0.25, 0.3) is 11.1 Å². The molecule has 2 rings (SSSR count). The van der Waals surface area contributed by atoms with Crippen molar-refractivity contribution >= 4 is 21.0 Å². The van der Waals surface area contributed by atoms with Gasteiger partial charge in [-0.15, -0.1) is 0 Å². The molecule has 0 aromatic heterocycles. The van der Waals surface area contributed by atoms with Crippen molar-refractivity contribution in [2.75, 3.05) is 6.26 Å². The fraction of sp³-hybridized carbons (Fsp3) is 0.263. The summed E-state index contributed by atoms with van der Waals surface area (Å²) in [5.41, 5.74) is 3.86. The Bertz CT molecular complexity index is 832. The fourth-order valence-corrected chi connectivity index (χ4v) is 3.37. The Labute approximate surface area is 137 Å². The molecule has 0 saturated heterocycles. The summed E-state index contributed by atoms with van der Waals surface area (Å²) in [6.45, 7) is 6.11. The molecule has 0 spiro atoms. The fourth-order valence-electron chi connectivity index (χ4n) is 2.74. The first kappa shape index (κ1) is 17.4. The van der Waals surface area contributed by atoms with E-state index in [1.54, 1.807) is 18.2 Å². The monoisotopic (exact) mass is 332 g/mol. The first-order valence-electron chi connectivity index (χ1n) is 7.47. The second kappa shape index (κ2) is 6.67. The molecule has 0 aliphatic carbocycles. The Morgan fingerprint density at radius 1 is 1.00 bits per heavy atom. The van der Waals surface area contributed by atoms with Crippen molar-refractivity contribution in [1.82, 2.24) is 0 Å². The van der Waals surface area contributed by atoms with Crippen LogP contribution in [-0.4, -0.2) is 14.7 Å². The number of halogens is 1. The van der Waals surface area contributed by atoms with Gasteiger partial charge in [-0.2, -0.15) is 0 Å². The molecule has 0 atom stereocenters. The van der Waals surface area contributed by atoms with Crippen LogP contribution in [0.2, 0.25) is 0 Å². The molecule has 4 heteroatoms. The molecule has 2 aromatic rings. The van der Waals surface area contributed by atoms with E-state index in [1.165, 1.54) is 18.4 Å². The lowest BCUT2D eigenvalue weighted by molar-refractivity contribution is 0.602. The Kier molecular flexibility index (Phi) is 5.05. The first-order chi connectivity index (χ1) is 10.7. The summed E-state index contributed by atoms with van der Waals surface area (Å²) in [5, 5.41) is 0. The molecular formula is C19H21FO2S. The average molecular weight is 332 g/mol. The van der Waals surface area contributed by atoms with Crippen LogP contribution in [0.3, 0.4) is 0 Å². The van der Waals surface area contributed by atoms with Crippen molar-refractivity contribution in [1.29, 1.82) is 0 Å². The minimum absolute atomic E-state index is 0.224. The first-order valence-corrected chi connectivity index (χ1v) is 9.36. The Balaban J connectivity index is 2.56. The van der Waals surface area contributed by atoms with Crippen LogP contribution >= 0.6 is 0 Å². The summed E-state index contributed by atoms with van der Waals surface area (Å²) in [4.78, 5) is 0.299. The van der Waals surface area contributed by atoms with Crippen LogP contribution in [0.5, 0.6) is 0 Å². The van der Waals surface area contributed by atoms with Gasteiger partial charge in [0, 0.05) is 6.26 Å². The molecule has 0 radical (unpaired) electrons. The number of allylic oxidation sites excluding steroid dienone is 2. The van der Waals surface area contributed by atoms with Crippen molar-refractivity contribution in [3.05, 3.63) is 65.5 Å². The van der Waals surface area contributed by atoms with Crippen LogP contribution in [0.1, 0.15) is 31.9 Å². The van der Waals surface area contributed by atoms with E-state index in [9.17, 15) is 12.8 Å². The van der Waals surface area contributed by atoms with Gasteiger partial charge in [-0.25, -0.2) is 12.8 Å². The van der Waals surface area contributed by atoms with Crippen molar-refractivity contribution < 1.29 is 12.8 Å². The highest BCUT2D eigenvalue weighted by molar-refractivity contribution is 7.90. The van der Waals surface area contributed by atoms with Crippen molar-refractivity contribution in [2.45, 2.75) is 25.7 Å². The second-order valence-electron chi connectivity index (χ2n) is 6.00. The molecule has 23 heavy (non-hydrogen) atoms. The molecule has 0 amide bonds. The highest BCUT2D eigenvalue weighted by atomic mass is 32.2. The van der Waals surface area contributed by atoms with Gasteiger partial charge in [0.15, 0.2) is 9.84 Å². The normalized spacial score (nSPS) is 13.1.